The summed E-state index contributed by atoms with van der Waals surface area (Å²) in [7, 11) is 0. The second kappa shape index (κ2) is 7.06. The third-order valence-electron chi connectivity index (χ3n) is 4.33. The highest BCUT2D eigenvalue weighted by molar-refractivity contribution is 7.99. The second-order valence-electron chi connectivity index (χ2n) is 6.23. The fourth-order valence-corrected chi connectivity index (χ4v) is 4.02. The molecule has 1 fully saturated rings. The molecule has 1 aromatic carbocycles. The van der Waals surface area contributed by atoms with Crippen molar-refractivity contribution < 1.29 is 8.81 Å². The van der Waals surface area contributed by atoms with Gasteiger partial charge in [0.15, 0.2) is 5.76 Å². The van der Waals surface area contributed by atoms with Gasteiger partial charge in [0, 0.05) is 42.9 Å². The van der Waals surface area contributed by atoms with E-state index in [-0.39, 0.29) is 5.82 Å². The van der Waals surface area contributed by atoms with Crippen LogP contribution < -0.4 is 0 Å². The Morgan fingerprint density at radius 2 is 2.04 bits per heavy atom. The number of hydrogen-bond acceptors (Lipinski definition) is 4. The van der Waals surface area contributed by atoms with Crippen LogP contribution in [0.15, 0.2) is 47.0 Å². The van der Waals surface area contributed by atoms with Crippen molar-refractivity contribution in [1.29, 1.82) is 0 Å². The summed E-state index contributed by atoms with van der Waals surface area (Å²) in [6.07, 6.45) is 1.99. The largest absolute Gasteiger partial charge is 0.460 e. The average molecular weight is 357 g/mol. The van der Waals surface area contributed by atoms with Crippen LogP contribution in [0.4, 0.5) is 4.39 Å². The van der Waals surface area contributed by atoms with E-state index in [1.54, 1.807) is 10.7 Å². The topological polar surface area (TPSA) is 34.2 Å². The van der Waals surface area contributed by atoms with E-state index in [9.17, 15) is 4.39 Å². The molecule has 0 saturated carbocycles. The zero-order chi connectivity index (χ0) is 17.2. The van der Waals surface area contributed by atoms with Gasteiger partial charge in [0.1, 0.15) is 17.3 Å². The summed E-state index contributed by atoms with van der Waals surface area (Å²) in [6, 6.07) is 10.4. The molecule has 0 atom stereocenters. The van der Waals surface area contributed by atoms with Crippen molar-refractivity contribution in [2.24, 2.45) is 0 Å². The summed E-state index contributed by atoms with van der Waals surface area (Å²) in [5, 5.41) is 4.70. The first-order valence-corrected chi connectivity index (χ1v) is 9.56. The van der Waals surface area contributed by atoms with E-state index in [1.165, 1.54) is 12.1 Å². The van der Waals surface area contributed by atoms with Crippen LogP contribution in [0.3, 0.4) is 0 Å². The van der Waals surface area contributed by atoms with Gasteiger partial charge in [-0.15, -0.1) is 0 Å². The van der Waals surface area contributed by atoms with Gasteiger partial charge in [0.2, 0.25) is 0 Å². The maximum Gasteiger partial charge on any atom is 0.154 e. The molecule has 0 radical (unpaired) electrons. The Hall–Kier alpha value is -2.05. The number of furan rings is 1. The van der Waals surface area contributed by atoms with Crippen LogP contribution in [0.25, 0.3) is 17.1 Å². The minimum absolute atomic E-state index is 0.266. The van der Waals surface area contributed by atoms with Crippen molar-refractivity contribution >= 4 is 11.8 Å². The standard InChI is InChI=1S/C19H20FN3OS/c1-14-5-6-18(24-14)19-15(12-22-7-9-25-10-8-22)13-23(21-19)17-4-2-3-16(20)11-17/h2-6,11,13H,7-10,12H2,1H3. The lowest BCUT2D eigenvalue weighted by molar-refractivity contribution is 0.295. The molecule has 2 aromatic heterocycles. The van der Waals surface area contributed by atoms with Crippen molar-refractivity contribution in [2.75, 3.05) is 24.6 Å². The molecule has 4 nitrogen and oxygen atoms in total. The van der Waals surface area contributed by atoms with Crippen molar-refractivity contribution in [2.45, 2.75) is 13.5 Å². The fraction of sp³-hybridized carbons (Fsp3) is 0.316. The molecule has 0 unspecified atom stereocenters. The predicted octanol–water partition coefficient (Wildman–Crippen LogP) is 4.13. The lowest BCUT2D eigenvalue weighted by Crippen LogP contribution is -2.32. The van der Waals surface area contributed by atoms with Crippen LogP contribution in [0.1, 0.15) is 11.3 Å². The minimum atomic E-state index is -0.266. The Labute approximate surface area is 150 Å². The van der Waals surface area contributed by atoms with E-state index < -0.39 is 0 Å². The number of benzene rings is 1. The van der Waals surface area contributed by atoms with E-state index >= 15 is 0 Å². The maximum absolute atomic E-state index is 13.6. The molecule has 0 spiro atoms. The SMILES string of the molecule is Cc1ccc(-c2nn(-c3cccc(F)c3)cc2CN2CCSCC2)o1. The number of nitrogens with zero attached hydrogens (tertiary/aromatic N) is 3. The Kier molecular flexibility index (Phi) is 4.63. The summed E-state index contributed by atoms with van der Waals surface area (Å²) in [5.74, 6) is 3.67. The van der Waals surface area contributed by atoms with Crippen LogP contribution >= 0.6 is 11.8 Å². The molecule has 3 aromatic rings. The molecule has 4 rings (SSSR count). The van der Waals surface area contributed by atoms with Crippen LogP contribution in [-0.4, -0.2) is 39.3 Å². The molecular formula is C19H20FN3OS. The van der Waals surface area contributed by atoms with Gasteiger partial charge in [-0.2, -0.15) is 16.9 Å². The van der Waals surface area contributed by atoms with Gasteiger partial charge in [-0.3, -0.25) is 4.90 Å². The number of aromatic nitrogens is 2. The van der Waals surface area contributed by atoms with Crippen LogP contribution in [-0.2, 0) is 6.54 Å². The molecule has 25 heavy (non-hydrogen) atoms. The highest BCUT2D eigenvalue weighted by Crippen LogP contribution is 2.27. The van der Waals surface area contributed by atoms with Gasteiger partial charge < -0.3 is 4.42 Å². The first-order valence-electron chi connectivity index (χ1n) is 8.40. The van der Waals surface area contributed by atoms with Gasteiger partial charge in [0.25, 0.3) is 0 Å². The summed E-state index contributed by atoms with van der Waals surface area (Å²) in [5.41, 5.74) is 2.64. The molecule has 3 heterocycles. The number of halogens is 1. The van der Waals surface area contributed by atoms with E-state index in [1.807, 2.05) is 43.1 Å². The quantitative estimate of drug-likeness (QED) is 0.703. The van der Waals surface area contributed by atoms with Gasteiger partial charge in [-0.05, 0) is 37.3 Å². The fourth-order valence-electron chi connectivity index (χ4n) is 3.05. The monoisotopic (exact) mass is 357 g/mol. The second-order valence-corrected chi connectivity index (χ2v) is 7.45. The van der Waals surface area contributed by atoms with E-state index in [0.29, 0.717) is 5.69 Å². The maximum atomic E-state index is 13.6. The third kappa shape index (κ3) is 3.65. The molecule has 0 N–H and O–H groups in total. The van der Waals surface area contributed by atoms with E-state index in [4.69, 9.17) is 9.52 Å². The molecule has 6 heteroatoms. The highest BCUT2D eigenvalue weighted by Gasteiger charge is 2.19. The number of hydrogen-bond donors (Lipinski definition) is 0. The molecule has 1 saturated heterocycles. The van der Waals surface area contributed by atoms with Gasteiger partial charge in [-0.25, -0.2) is 9.07 Å². The molecule has 0 bridgehead atoms. The highest BCUT2D eigenvalue weighted by atomic mass is 32.2. The lowest BCUT2D eigenvalue weighted by Gasteiger charge is -2.25. The molecular weight excluding hydrogens is 337 g/mol. The summed E-state index contributed by atoms with van der Waals surface area (Å²) in [6.45, 7) is 4.90. The smallest absolute Gasteiger partial charge is 0.154 e. The predicted molar refractivity (Wildman–Crippen MR) is 98.6 cm³/mol. The molecule has 0 aliphatic carbocycles. The van der Waals surface area contributed by atoms with Gasteiger partial charge >= 0.3 is 0 Å². The van der Waals surface area contributed by atoms with Crippen molar-refractivity contribution in [3.05, 3.63) is 59.7 Å². The normalized spacial score (nSPS) is 15.6. The van der Waals surface area contributed by atoms with Crippen LogP contribution in [0.5, 0.6) is 0 Å². The summed E-state index contributed by atoms with van der Waals surface area (Å²) < 4.78 is 21.1. The number of rotatable bonds is 4. The van der Waals surface area contributed by atoms with E-state index in [2.05, 4.69) is 4.90 Å². The minimum Gasteiger partial charge on any atom is -0.460 e. The third-order valence-corrected chi connectivity index (χ3v) is 5.28. The Morgan fingerprint density at radius 1 is 1.20 bits per heavy atom. The first-order chi connectivity index (χ1) is 12.2. The summed E-state index contributed by atoms with van der Waals surface area (Å²) in [4.78, 5) is 2.43. The Morgan fingerprint density at radius 3 is 2.76 bits per heavy atom. The van der Waals surface area contributed by atoms with E-state index in [0.717, 1.165) is 53.9 Å². The van der Waals surface area contributed by atoms with Gasteiger partial charge in [-0.1, -0.05) is 6.07 Å². The Balaban J connectivity index is 1.72. The summed E-state index contributed by atoms with van der Waals surface area (Å²) >= 11 is 1.99. The molecule has 130 valence electrons. The average Bonchev–Trinajstić information content (AvgIpc) is 3.22. The number of thioether (sulfide) groups is 1. The molecule has 1 aliphatic rings. The van der Waals surface area contributed by atoms with Crippen molar-refractivity contribution in [3.8, 4) is 17.1 Å². The number of aryl methyl sites for hydroxylation is 1. The van der Waals surface area contributed by atoms with Crippen LogP contribution in [0.2, 0.25) is 0 Å². The zero-order valence-corrected chi connectivity index (χ0v) is 14.9. The van der Waals surface area contributed by atoms with Gasteiger partial charge in [0.05, 0.1) is 5.69 Å². The zero-order valence-electron chi connectivity index (χ0n) is 14.1. The van der Waals surface area contributed by atoms with Crippen molar-refractivity contribution in [1.82, 2.24) is 14.7 Å². The van der Waals surface area contributed by atoms with Crippen molar-refractivity contribution in [3.63, 3.8) is 0 Å². The first kappa shape index (κ1) is 16.4. The Bertz CT molecular complexity index is 867. The molecule has 0 amide bonds. The van der Waals surface area contributed by atoms with Crippen LogP contribution in [0, 0.1) is 12.7 Å². The molecule has 1 aliphatic heterocycles. The lowest BCUT2D eigenvalue weighted by atomic mass is 10.2.